The Bertz CT molecular complexity index is 956. The third kappa shape index (κ3) is 5.72. The summed E-state index contributed by atoms with van der Waals surface area (Å²) in [5.41, 5.74) is 2.77. The van der Waals surface area contributed by atoms with Crippen LogP contribution in [0.2, 0.25) is 0 Å². The Morgan fingerprint density at radius 1 is 1.06 bits per heavy atom. The summed E-state index contributed by atoms with van der Waals surface area (Å²) >= 11 is 0. The summed E-state index contributed by atoms with van der Waals surface area (Å²) in [4.78, 5) is 12.3. The van der Waals surface area contributed by atoms with Gasteiger partial charge in [-0.2, -0.15) is 0 Å². The number of alkyl carbamates (subject to hydrolysis) is 1. The molecule has 3 rings (SSSR count). The lowest BCUT2D eigenvalue weighted by Crippen LogP contribution is -2.41. The van der Waals surface area contributed by atoms with Crippen LogP contribution < -0.4 is 10.1 Å². The smallest absolute Gasteiger partial charge is 0.492 e. The second-order valence-corrected chi connectivity index (χ2v) is 8.95. The maximum absolute atomic E-state index is 12.3. The monoisotopic (exact) mass is 437 g/mol. The Kier molecular flexibility index (Phi) is 7.31. The van der Waals surface area contributed by atoms with Gasteiger partial charge in [0.15, 0.2) is 0 Å². The molecule has 2 aromatic carbocycles. The minimum Gasteiger partial charge on any atom is -0.497 e. The van der Waals surface area contributed by atoms with E-state index in [4.69, 9.17) is 18.8 Å². The molecule has 7 heteroatoms. The molecule has 0 saturated carbocycles. The summed E-state index contributed by atoms with van der Waals surface area (Å²) < 4.78 is 23.2. The van der Waals surface area contributed by atoms with Gasteiger partial charge >= 0.3 is 13.2 Å². The lowest BCUT2D eigenvalue weighted by molar-refractivity contribution is 0.00578. The van der Waals surface area contributed by atoms with Crippen molar-refractivity contribution in [2.75, 3.05) is 13.7 Å². The largest absolute Gasteiger partial charge is 0.497 e. The van der Waals surface area contributed by atoms with Crippen molar-refractivity contribution in [3.8, 4) is 5.75 Å². The molecule has 1 amide bonds. The molecule has 2 aromatic rings. The van der Waals surface area contributed by atoms with Crippen LogP contribution in [0.3, 0.4) is 0 Å². The number of hydrogen-bond acceptors (Lipinski definition) is 5. The van der Waals surface area contributed by atoms with Gasteiger partial charge in [-0.1, -0.05) is 42.5 Å². The second kappa shape index (κ2) is 9.80. The van der Waals surface area contributed by atoms with E-state index in [2.05, 4.69) is 5.32 Å². The van der Waals surface area contributed by atoms with Gasteiger partial charge in [0.2, 0.25) is 0 Å². The van der Waals surface area contributed by atoms with E-state index in [1.165, 1.54) is 0 Å². The van der Waals surface area contributed by atoms with Gasteiger partial charge in [-0.25, -0.2) is 4.79 Å². The molecule has 170 valence electrons. The quantitative estimate of drug-likeness (QED) is 0.622. The van der Waals surface area contributed by atoms with Crippen molar-refractivity contribution in [2.45, 2.75) is 52.4 Å². The zero-order chi connectivity index (χ0) is 23.4. The summed E-state index contributed by atoms with van der Waals surface area (Å²) in [6, 6.07) is 15.4. The number of aryl methyl sites for hydroxylation is 1. The highest BCUT2D eigenvalue weighted by atomic mass is 16.7. The molecule has 0 atom stereocenters. The number of amides is 1. The normalized spacial score (nSPS) is 17.2. The predicted molar refractivity (Wildman–Crippen MR) is 126 cm³/mol. The van der Waals surface area contributed by atoms with Gasteiger partial charge in [0.05, 0.1) is 18.3 Å². The first-order chi connectivity index (χ1) is 15.1. The van der Waals surface area contributed by atoms with E-state index in [9.17, 15) is 4.79 Å². The summed E-state index contributed by atoms with van der Waals surface area (Å²) in [6.45, 7) is 10.5. The molecule has 1 heterocycles. The van der Waals surface area contributed by atoms with E-state index in [0.29, 0.717) is 0 Å². The van der Waals surface area contributed by atoms with Crippen LogP contribution in [0.5, 0.6) is 5.75 Å². The molecular weight excluding hydrogens is 405 g/mol. The average Bonchev–Trinajstić information content (AvgIpc) is 2.98. The highest BCUT2D eigenvalue weighted by Crippen LogP contribution is 2.39. The standard InChI is InChI=1S/C25H32BNO5/c1-18-12-13-22(29-6)15-20(18)14-21(26-31-24(2,3)25(4,5)32-26)16-27-23(28)30-17-19-10-8-7-9-11-19/h7-15H,16-17H2,1-6H3,(H,27,28). The van der Waals surface area contributed by atoms with Crippen LogP contribution in [-0.4, -0.2) is 38.1 Å². The third-order valence-corrected chi connectivity index (χ3v) is 6.03. The SMILES string of the molecule is COc1ccc(C)c(C=C(CNC(=O)OCc2ccccc2)B2OC(C)(C)C(C)(C)O2)c1. The van der Waals surface area contributed by atoms with Gasteiger partial charge in [-0.3, -0.25) is 0 Å². The highest BCUT2D eigenvalue weighted by Gasteiger charge is 2.52. The maximum Gasteiger partial charge on any atom is 0.492 e. The van der Waals surface area contributed by atoms with Crippen LogP contribution in [0.4, 0.5) is 4.79 Å². The molecular formula is C25H32BNO5. The summed E-state index contributed by atoms with van der Waals surface area (Å²) in [5.74, 6) is 0.755. The molecule has 1 saturated heterocycles. The molecule has 1 aliphatic rings. The van der Waals surface area contributed by atoms with Crippen LogP contribution in [0.15, 0.2) is 54.0 Å². The molecule has 32 heavy (non-hydrogen) atoms. The van der Waals surface area contributed by atoms with Crippen molar-refractivity contribution in [2.24, 2.45) is 0 Å². The fourth-order valence-electron chi connectivity index (χ4n) is 3.25. The fraction of sp³-hybridized carbons (Fsp3) is 0.400. The van der Waals surface area contributed by atoms with E-state index in [-0.39, 0.29) is 13.2 Å². The Morgan fingerprint density at radius 3 is 2.34 bits per heavy atom. The van der Waals surface area contributed by atoms with Gasteiger partial charge in [-0.05, 0) is 68.9 Å². The molecule has 1 aliphatic heterocycles. The molecule has 0 spiro atoms. The van der Waals surface area contributed by atoms with Crippen molar-refractivity contribution in [1.82, 2.24) is 5.32 Å². The van der Waals surface area contributed by atoms with E-state index in [1.54, 1.807) is 7.11 Å². The summed E-state index contributed by atoms with van der Waals surface area (Å²) in [5, 5.41) is 2.83. The van der Waals surface area contributed by atoms with Crippen molar-refractivity contribution in [3.63, 3.8) is 0 Å². The van der Waals surface area contributed by atoms with Gasteiger partial charge in [-0.15, -0.1) is 0 Å². The number of rotatable bonds is 7. The number of benzene rings is 2. The Hall–Kier alpha value is -2.77. The molecule has 1 N–H and O–H groups in total. The average molecular weight is 437 g/mol. The van der Waals surface area contributed by atoms with Gasteiger partial charge in [0.25, 0.3) is 0 Å². The van der Waals surface area contributed by atoms with E-state index in [0.717, 1.165) is 27.9 Å². The number of carbonyl (C=O) groups excluding carboxylic acids is 1. The van der Waals surface area contributed by atoms with Crippen molar-refractivity contribution < 1.29 is 23.6 Å². The second-order valence-electron chi connectivity index (χ2n) is 8.95. The van der Waals surface area contributed by atoms with Gasteiger partial charge < -0.3 is 24.1 Å². The number of carbonyl (C=O) groups is 1. The van der Waals surface area contributed by atoms with Crippen LogP contribution in [0.1, 0.15) is 44.4 Å². The van der Waals surface area contributed by atoms with Crippen LogP contribution >= 0.6 is 0 Å². The highest BCUT2D eigenvalue weighted by molar-refractivity contribution is 6.56. The first-order valence-corrected chi connectivity index (χ1v) is 10.8. The van der Waals surface area contributed by atoms with Crippen molar-refractivity contribution in [3.05, 3.63) is 70.7 Å². The first-order valence-electron chi connectivity index (χ1n) is 10.8. The molecule has 0 unspecified atom stereocenters. The minimum absolute atomic E-state index is 0.206. The number of hydrogen-bond donors (Lipinski definition) is 1. The van der Waals surface area contributed by atoms with Gasteiger partial charge in [0.1, 0.15) is 12.4 Å². The van der Waals surface area contributed by atoms with Crippen molar-refractivity contribution >= 4 is 19.3 Å². The summed E-state index contributed by atoms with van der Waals surface area (Å²) in [7, 11) is 1.04. The predicted octanol–water partition coefficient (Wildman–Crippen LogP) is 4.94. The molecule has 0 aromatic heterocycles. The maximum atomic E-state index is 12.3. The number of ether oxygens (including phenoxy) is 2. The van der Waals surface area contributed by atoms with E-state index in [1.807, 2.05) is 89.2 Å². The Morgan fingerprint density at radius 2 is 1.72 bits per heavy atom. The zero-order valence-corrected chi connectivity index (χ0v) is 19.7. The van der Waals surface area contributed by atoms with Crippen molar-refractivity contribution in [1.29, 1.82) is 0 Å². The number of methoxy groups -OCH3 is 1. The Balaban J connectivity index is 1.77. The number of nitrogens with one attached hydrogen (secondary N) is 1. The lowest BCUT2D eigenvalue weighted by Gasteiger charge is -2.32. The van der Waals surface area contributed by atoms with E-state index < -0.39 is 24.4 Å². The molecule has 6 nitrogen and oxygen atoms in total. The molecule has 1 fully saturated rings. The van der Waals surface area contributed by atoms with Gasteiger partial charge in [0, 0.05) is 6.54 Å². The third-order valence-electron chi connectivity index (χ3n) is 6.03. The minimum atomic E-state index is -0.597. The zero-order valence-electron chi connectivity index (χ0n) is 19.7. The summed E-state index contributed by atoms with van der Waals surface area (Å²) in [6.07, 6.45) is 1.48. The topological polar surface area (TPSA) is 66.0 Å². The Labute approximate surface area is 191 Å². The molecule has 0 radical (unpaired) electrons. The molecule has 0 aliphatic carbocycles. The van der Waals surface area contributed by atoms with Crippen LogP contribution in [0.25, 0.3) is 6.08 Å². The molecule has 0 bridgehead atoms. The first kappa shape index (κ1) is 23.9. The lowest BCUT2D eigenvalue weighted by atomic mass is 9.76. The fourth-order valence-corrected chi connectivity index (χ4v) is 3.25. The van der Waals surface area contributed by atoms with Crippen LogP contribution in [-0.2, 0) is 20.7 Å². The van der Waals surface area contributed by atoms with E-state index >= 15 is 0 Å². The van der Waals surface area contributed by atoms with Crippen LogP contribution in [0, 0.1) is 6.92 Å².